The van der Waals surface area contributed by atoms with Crippen molar-refractivity contribution < 1.29 is 51.6 Å². The number of hydrogen-bond acceptors (Lipinski definition) is 1. The molecule has 1 aliphatic rings. The maximum absolute atomic E-state index is 7.00. The van der Waals surface area contributed by atoms with E-state index in [9.17, 15) is 0 Å². The summed E-state index contributed by atoms with van der Waals surface area (Å²) in [5.41, 5.74) is 7.07. The Balaban J connectivity index is 0. The van der Waals surface area contributed by atoms with Crippen molar-refractivity contribution >= 4 is 16.3 Å². The van der Waals surface area contributed by atoms with E-state index in [1.54, 1.807) is 0 Å². The number of hydrogen-bond donors (Lipinski definition) is 1. The third-order valence-electron chi connectivity index (χ3n) is 4.59. The number of allylic oxidation sites excluding steroid dienone is 4. The first-order chi connectivity index (χ1) is 10.1. The number of fused-ring (bicyclic) bond motifs is 1. The van der Waals surface area contributed by atoms with Gasteiger partial charge in [0.15, 0.2) is 0 Å². The second-order valence-electron chi connectivity index (χ2n) is 5.53. The molecule has 1 radical (unpaired) electrons. The zero-order valence-corrected chi connectivity index (χ0v) is 17.8. The van der Waals surface area contributed by atoms with E-state index < -0.39 is 0 Å². The molecule has 0 saturated carbocycles. The van der Waals surface area contributed by atoms with Gasteiger partial charge in [0, 0.05) is 7.11 Å². The molecule has 1 atom stereocenters. The maximum atomic E-state index is 7.00. The van der Waals surface area contributed by atoms with E-state index in [1.165, 1.54) is 38.6 Å². The molecule has 0 aliphatic heterocycles. The van der Waals surface area contributed by atoms with Crippen LogP contribution in [0.2, 0.25) is 0 Å². The van der Waals surface area contributed by atoms with Crippen molar-refractivity contribution in [2.24, 2.45) is 5.92 Å². The molecule has 1 aliphatic carbocycles. The van der Waals surface area contributed by atoms with Crippen molar-refractivity contribution in [2.75, 3.05) is 7.11 Å². The predicted molar refractivity (Wildman–Crippen MR) is 91.1 cm³/mol. The average molecular weight is 398 g/mol. The number of aliphatic hydroxyl groups excluding tert-OH is 1. The van der Waals surface area contributed by atoms with Gasteiger partial charge in [-0.25, -0.2) is 0 Å². The molecule has 1 nitrogen and oxygen atoms in total. The fraction of sp³-hybridized carbons (Fsp3) is 0.300. The molecule has 1 unspecified atom stereocenters. The van der Waals surface area contributed by atoms with Gasteiger partial charge in [-0.2, -0.15) is 0 Å². The topological polar surface area (TPSA) is 20.2 Å². The van der Waals surface area contributed by atoms with Gasteiger partial charge in [0.2, 0.25) is 0 Å². The maximum Gasteiger partial charge on any atom is 3.00 e. The normalized spacial score (nSPS) is 15.8. The minimum atomic E-state index is 0. The summed E-state index contributed by atoms with van der Waals surface area (Å²) >= 11 is 0. The van der Waals surface area contributed by atoms with Crippen LogP contribution in [0.3, 0.4) is 0 Å². The van der Waals surface area contributed by atoms with Crippen molar-refractivity contribution in [3.05, 3.63) is 64.7 Å². The van der Waals surface area contributed by atoms with Crippen molar-refractivity contribution in [3.63, 3.8) is 0 Å². The van der Waals surface area contributed by atoms with E-state index in [4.69, 9.17) is 5.11 Å². The van der Waals surface area contributed by atoms with E-state index in [0.717, 1.165) is 7.11 Å². The zero-order chi connectivity index (χ0) is 15.6. The molecule has 0 bridgehead atoms. The largest absolute Gasteiger partial charge is 3.00 e. The van der Waals surface area contributed by atoms with Gasteiger partial charge >= 0.3 is 21.7 Å². The van der Waals surface area contributed by atoms with Gasteiger partial charge in [0.25, 0.3) is 0 Å². The van der Waals surface area contributed by atoms with E-state index >= 15 is 0 Å². The van der Waals surface area contributed by atoms with Crippen molar-refractivity contribution in [2.45, 2.75) is 27.7 Å². The molecule has 4 heteroatoms. The Morgan fingerprint density at radius 3 is 2.00 bits per heavy atom. The van der Waals surface area contributed by atoms with Crippen LogP contribution in [0.15, 0.2) is 53.1 Å². The van der Waals surface area contributed by atoms with Crippen LogP contribution in [0.5, 0.6) is 0 Å². The van der Waals surface area contributed by atoms with Crippen molar-refractivity contribution in [1.82, 2.24) is 0 Å². The SMILES string of the molecule is CC1=C(C)C(C)C(c2[c-]c3ccccc3cc2)=C1C.CO.[Cl-].[Cl-].[Ti+3]. The summed E-state index contributed by atoms with van der Waals surface area (Å²) in [6, 6.07) is 16.4. The molecule has 2 aromatic rings. The molecule has 1 N–H and O–H groups in total. The van der Waals surface area contributed by atoms with Gasteiger partial charge in [-0.3, -0.25) is 0 Å². The zero-order valence-electron chi connectivity index (χ0n) is 14.7. The minimum Gasteiger partial charge on any atom is -1.00 e. The molecule has 0 spiro atoms. The first kappa shape index (κ1) is 25.7. The van der Waals surface area contributed by atoms with Crippen LogP contribution >= 0.6 is 0 Å². The molecule has 24 heavy (non-hydrogen) atoms. The first-order valence-corrected chi connectivity index (χ1v) is 7.34. The summed E-state index contributed by atoms with van der Waals surface area (Å²) in [4.78, 5) is 0. The van der Waals surface area contributed by atoms with Gasteiger partial charge in [0.1, 0.15) is 0 Å². The molecule has 127 valence electrons. The van der Waals surface area contributed by atoms with Crippen LogP contribution in [-0.2, 0) is 21.7 Å². The Morgan fingerprint density at radius 2 is 1.46 bits per heavy atom. The Kier molecular flexibility index (Phi) is 11.9. The number of benzene rings is 2. The van der Waals surface area contributed by atoms with E-state index in [0.29, 0.717) is 5.92 Å². The molecule has 2 aromatic carbocycles. The third kappa shape index (κ3) is 4.74. The molecular weight excluding hydrogens is 375 g/mol. The summed E-state index contributed by atoms with van der Waals surface area (Å²) < 4.78 is 0. The molecule has 0 aromatic heterocycles. The summed E-state index contributed by atoms with van der Waals surface area (Å²) in [5, 5.41) is 9.46. The summed E-state index contributed by atoms with van der Waals surface area (Å²) in [7, 11) is 1.00. The Hall–Kier alpha value is -0.566. The van der Waals surface area contributed by atoms with Crippen LogP contribution < -0.4 is 24.8 Å². The van der Waals surface area contributed by atoms with Crippen LogP contribution in [0.4, 0.5) is 0 Å². The smallest absolute Gasteiger partial charge is 1.00 e. The molecule has 0 amide bonds. The van der Waals surface area contributed by atoms with Crippen molar-refractivity contribution in [3.8, 4) is 0 Å². The molecule has 0 heterocycles. The Labute approximate surface area is 172 Å². The van der Waals surface area contributed by atoms with Gasteiger partial charge in [0.05, 0.1) is 0 Å². The van der Waals surface area contributed by atoms with E-state index in [1.807, 2.05) is 0 Å². The quantitative estimate of drug-likeness (QED) is 0.484. The van der Waals surface area contributed by atoms with E-state index in [2.05, 4.69) is 70.2 Å². The van der Waals surface area contributed by atoms with Gasteiger partial charge in [-0.15, -0.1) is 35.2 Å². The number of halogens is 2. The van der Waals surface area contributed by atoms with Gasteiger partial charge < -0.3 is 29.9 Å². The van der Waals surface area contributed by atoms with Crippen LogP contribution in [0, 0.1) is 12.0 Å². The molecule has 3 rings (SSSR count). The van der Waals surface area contributed by atoms with Gasteiger partial charge in [-0.1, -0.05) is 52.8 Å². The van der Waals surface area contributed by atoms with Crippen LogP contribution in [0.1, 0.15) is 33.3 Å². The standard InChI is InChI=1S/C19H19.CH4O.2ClH.Ti/c1-12-13(2)15(4)19(14(12)3)18-10-9-16-7-5-6-8-17(16)11-18;1-2;;;/h5-10,14H,1-4H3;2H,1H3;2*1H;/q-1;;;;+3/p-2. The fourth-order valence-corrected chi connectivity index (χ4v) is 3.07. The fourth-order valence-electron chi connectivity index (χ4n) is 3.07. The molecule has 0 fully saturated rings. The van der Waals surface area contributed by atoms with Crippen LogP contribution in [-0.4, -0.2) is 12.2 Å². The second kappa shape index (κ2) is 11.1. The molecular formula is C20H23Cl2OTi. The predicted octanol–water partition coefficient (Wildman–Crippen LogP) is -0.986. The molecule has 0 saturated heterocycles. The minimum absolute atomic E-state index is 0. The average Bonchev–Trinajstić information content (AvgIpc) is 2.72. The number of rotatable bonds is 1. The summed E-state index contributed by atoms with van der Waals surface area (Å²) in [5.74, 6) is 0.511. The van der Waals surface area contributed by atoms with Crippen molar-refractivity contribution in [1.29, 1.82) is 0 Å². The number of aliphatic hydroxyl groups is 1. The summed E-state index contributed by atoms with van der Waals surface area (Å²) in [6.45, 7) is 9.02. The van der Waals surface area contributed by atoms with E-state index in [-0.39, 0.29) is 46.5 Å². The second-order valence-corrected chi connectivity index (χ2v) is 5.53. The van der Waals surface area contributed by atoms with Gasteiger partial charge in [-0.05, 0) is 26.7 Å². The Bertz CT molecular complexity index is 735. The summed E-state index contributed by atoms with van der Waals surface area (Å²) in [6.07, 6.45) is 0. The third-order valence-corrected chi connectivity index (χ3v) is 4.59. The first-order valence-electron chi connectivity index (χ1n) is 7.34. The Morgan fingerprint density at radius 1 is 0.875 bits per heavy atom. The van der Waals surface area contributed by atoms with Crippen LogP contribution in [0.25, 0.3) is 16.3 Å². The monoisotopic (exact) mass is 397 g/mol.